The van der Waals surface area contributed by atoms with E-state index in [0.29, 0.717) is 11.3 Å². The molecule has 1 aliphatic rings. The number of phenolic OH excluding ortho intramolecular Hbond substituents is 2. The number of para-hydroxylation sites is 1. The van der Waals surface area contributed by atoms with Gasteiger partial charge in [0.25, 0.3) is 0 Å². The van der Waals surface area contributed by atoms with E-state index in [4.69, 9.17) is 0 Å². The number of hydrogen-bond donors (Lipinski definition) is 2. The van der Waals surface area contributed by atoms with Crippen molar-refractivity contribution in [3.63, 3.8) is 0 Å². The fourth-order valence-electron chi connectivity index (χ4n) is 2.69. The number of hydrogen-bond acceptors (Lipinski definition) is 4. The van der Waals surface area contributed by atoms with Crippen molar-refractivity contribution in [3.8, 4) is 11.5 Å². The Morgan fingerprint density at radius 1 is 1.05 bits per heavy atom. The summed E-state index contributed by atoms with van der Waals surface area (Å²) in [5, 5.41) is 19.1. The van der Waals surface area contributed by atoms with Crippen LogP contribution < -0.4 is 4.90 Å². The molecule has 0 aliphatic carbocycles. The molecule has 1 unspecified atom stereocenters. The van der Waals surface area contributed by atoms with Gasteiger partial charge in [0.1, 0.15) is 11.5 Å². The molecule has 5 heteroatoms. The van der Waals surface area contributed by atoms with Crippen LogP contribution >= 0.6 is 0 Å². The summed E-state index contributed by atoms with van der Waals surface area (Å²) in [6, 6.07) is 13.0. The highest BCUT2D eigenvalue weighted by Gasteiger charge is 2.39. The third-order valence-electron chi connectivity index (χ3n) is 3.79. The zero-order chi connectivity index (χ0) is 15.7. The topological polar surface area (TPSA) is 77.8 Å². The first-order chi connectivity index (χ1) is 10.6. The van der Waals surface area contributed by atoms with Crippen molar-refractivity contribution in [2.24, 2.45) is 5.92 Å². The maximum Gasteiger partial charge on any atom is 0.237 e. The molecule has 1 atom stereocenters. The van der Waals surface area contributed by atoms with Gasteiger partial charge in [0.15, 0.2) is 0 Å². The molecule has 22 heavy (non-hydrogen) atoms. The van der Waals surface area contributed by atoms with Crippen molar-refractivity contribution in [1.82, 2.24) is 0 Å². The largest absolute Gasteiger partial charge is 0.508 e. The average molecular weight is 297 g/mol. The Morgan fingerprint density at radius 2 is 1.77 bits per heavy atom. The number of aromatic hydroxyl groups is 2. The third kappa shape index (κ3) is 2.53. The molecular formula is C17H15NO4. The number of phenols is 2. The summed E-state index contributed by atoms with van der Waals surface area (Å²) in [5.41, 5.74) is 1.11. The minimum atomic E-state index is -0.497. The molecule has 1 fully saturated rings. The second-order valence-electron chi connectivity index (χ2n) is 5.32. The molecule has 0 aromatic heterocycles. The van der Waals surface area contributed by atoms with Crippen molar-refractivity contribution >= 4 is 17.5 Å². The van der Waals surface area contributed by atoms with Crippen LogP contribution in [0.25, 0.3) is 0 Å². The van der Waals surface area contributed by atoms with E-state index in [1.54, 1.807) is 30.3 Å². The summed E-state index contributed by atoms with van der Waals surface area (Å²) >= 11 is 0. The van der Waals surface area contributed by atoms with Gasteiger partial charge in [-0.25, -0.2) is 0 Å². The zero-order valence-electron chi connectivity index (χ0n) is 11.8. The summed E-state index contributed by atoms with van der Waals surface area (Å²) < 4.78 is 0. The number of carbonyl (C=O) groups is 2. The van der Waals surface area contributed by atoms with E-state index < -0.39 is 5.92 Å². The molecule has 5 nitrogen and oxygen atoms in total. The third-order valence-corrected chi connectivity index (χ3v) is 3.79. The lowest BCUT2D eigenvalue weighted by atomic mass is 9.97. The summed E-state index contributed by atoms with van der Waals surface area (Å²) in [6.07, 6.45) is 0.383. The lowest BCUT2D eigenvalue weighted by Crippen LogP contribution is -2.30. The Morgan fingerprint density at radius 3 is 2.45 bits per heavy atom. The van der Waals surface area contributed by atoms with E-state index in [1.165, 1.54) is 17.0 Å². The normalized spacial score (nSPS) is 18.0. The molecule has 0 spiro atoms. The van der Waals surface area contributed by atoms with Gasteiger partial charge in [-0.15, -0.1) is 0 Å². The highest BCUT2D eigenvalue weighted by molar-refractivity contribution is 6.20. The molecule has 1 aliphatic heterocycles. The zero-order valence-corrected chi connectivity index (χ0v) is 11.8. The van der Waals surface area contributed by atoms with E-state index in [9.17, 15) is 19.8 Å². The van der Waals surface area contributed by atoms with Gasteiger partial charge in [-0.05, 0) is 30.2 Å². The first kappa shape index (κ1) is 14.1. The fraction of sp³-hybridized carbons (Fsp3) is 0.176. The number of amides is 2. The number of anilines is 1. The molecule has 2 amide bonds. The van der Waals surface area contributed by atoms with E-state index in [0.717, 1.165) is 0 Å². The fourth-order valence-corrected chi connectivity index (χ4v) is 2.69. The van der Waals surface area contributed by atoms with Crippen molar-refractivity contribution in [1.29, 1.82) is 0 Å². The van der Waals surface area contributed by atoms with Gasteiger partial charge in [0.05, 0.1) is 11.6 Å². The number of benzene rings is 2. The summed E-state index contributed by atoms with van der Waals surface area (Å²) in [7, 11) is 0. The first-order valence-electron chi connectivity index (χ1n) is 6.99. The smallest absolute Gasteiger partial charge is 0.237 e. The minimum Gasteiger partial charge on any atom is -0.508 e. The van der Waals surface area contributed by atoms with Gasteiger partial charge < -0.3 is 10.2 Å². The van der Waals surface area contributed by atoms with Crippen LogP contribution in [-0.4, -0.2) is 22.0 Å². The molecule has 0 saturated carbocycles. The SMILES string of the molecule is O=C1CC(Cc2ccc(O)cc2O)C(=O)N1c1ccccc1. The number of nitrogens with zero attached hydrogens (tertiary/aromatic N) is 1. The molecule has 1 heterocycles. The molecule has 2 aromatic rings. The summed E-state index contributed by atoms with van der Waals surface area (Å²) in [4.78, 5) is 25.8. The van der Waals surface area contributed by atoms with Crippen LogP contribution in [0, 0.1) is 5.92 Å². The number of carbonyl (C=O) groups excluding carboxylic acids is 2. The maximum atomic E-state index is 12.5. The highest BCUT2D eigenvalue weighted by Crippen LogP contribution is 2.31. The summed E-state index contributed by atoms with van der Waals surface area (Å²) in [5.74, 6) is -1.11. The van der Waals surface area contributed by atoms with E-state index >= 15 is 0 Å². The van der Waals surface area contributed by atoms with E-state index in [1.807, 2.05) is 6.07 Å². The van der Waals surface area contributed by atoms with Gasteiger partial charge in [0, 0.05) is 12.5 Å². The Bertz CT molecular complexity index is 727. The van der Waals surface area contributed by atoms with Crippen molar-refractivity contribution in [3.05, 3.63) is 54.1 Å². The van der Waals surface area contributed by atoms with Crippen molar-refractivity contribution in [2.45, 2.75) is 12.8 Å². The first-order valence-corrected chi connectivity index (χ1v) is 6.99. The number of imide groups is 1. The van der Waals surface area contributed by atoms with Gasteiger partial charge in [-0.1, -0.05) is 24.3 Å². The van der Waals surface area contributed by atoms with Gasteiger partial charge in [-0.3, -0.25) is 14.5 Å². The Hall–Kier alpha value is -2.82. The molecule has 0 bridgehead atoms. The van der Waals surface area contributed by atoms with Crippen LogP contribution in [-0.2, 0) is 16.0 Å². The van der Waals surface area contributed by atoms with E-state index in [-0.39, 0.29) is 36.2 Å². The standard InChI is InChI=1S/C17H15NO4/c19-14-7-6-11(15(20)10-14)8-12-9-16(21)18(17(12)22)13-4-2-1-3-5-13/h1-7,10,12,19-20H,8-9H2. The predicted molar refractivity (Wildman–Crippen MR) is 80.5 cm³/mol. The Kier molecular flexibility index (Phi) is 3.55. The molecule has 2 aromatic carbocycles. The van der Waals surface area contributed by atoms with Crippen molar-refractivity contribution in [2.75, 3.05) is 4.90 Å². The minimum absolute atomic E-state index is 0.0408. The lowest BCUT2D eigenvalue weighted by Gasteiger charge is -2.15. The van der Waals surface area contributed by atoms with Crippen LogP contribution in [0.1, 0.15) is 12.0 Å². The molecule has 1 saturated heterocycles. The van der Waals surface area contributed by atoms with E-state index in [2.05, 4.69) is 0 Å². The van der Waals surface area contributed by atoms with Crippen molar-refractivity contribution < 1.29 is 19.8 Å². The highest BCUT2D eigenvalue weighted by atomic mass is 16.3. The monoisotopic (exact) mass is 297 g/mol. The summed E-state index contributed by atoms with van der Waals surface area (Å²) in [6.45, 7) is 0. The molecule has 2 N–H and O–H groups in total. The van der Waals surface area contributed by atoms with Crippen LogP contribution in [0.3, 0.4) is 0 Å². The predicted octanol–water partition coefficient (Wildman–Crippen LogP) is 2.22. The van der Waals surface area contributed by atoms with Crippen LogP contribution in [0.4, 0.5) is 5.69 Å². The van der Waals surface area contributed by atoms with Crippen LogP contribution in [0.15, 0.2) is 48.5 Å². The Balaban J connectivity index is 1.82. The lowest BCUT2D eigenvalue weighted by molar-refractivity contribution is -0.122. The molecule has 0 radical (unpaired) electrons. The quantitative estimate of drug-likeness (QED) is 0.852. The number of rotatable bonds is 3. The van der Waals surface area contributed by atoms with Gasteiger partial charge >= 0.3 is 0 Å². The molecule has 112 valence electrons. The van der Waals surface area contributed by atoms with Crippen LogP contribution in [0.2, 0.25) is 0 Å². The Labute approximate surface area is 127 Å². The second-order valence-corrected chi connectivity index (χ2v) is 5.32. The van der Waals surface area contributed by atoms with Gasteiger partial charge in [0.2, 0.25) is 11.8 Å². The molecular weight excluding hydrogens is 282 g/mol. The van der Waals surface area contributed by atoms with Gasteiger partial charge in [-0.2, -0.15) is 0 Å². The average Bonchev–Trinajstić information content (AvgIpc) is 2.77. The maximum absolute atomic E-state index is 12.5. The van der Waals surface area contributed by atoms with Crippen LogP contribution in [0.5, 0.6) is 11.5 Å². The second kappa shape index (κ2) is 5.52. The molecule has 3 rings (SSSR count).